The number of piperazine rings is 1. The molecule has 3 aromatic rings. The van der Waals surface area contributed by atoms with Gasteiger partial charge in [-0.1, -0.05) is 12.1 Å². The number of nitrogens with zero attached hydrogens (tertiary/aromatic N) is 4. The molecule has 0 radical (unpaired) electrons. The average Bonchev–Trinajstić information content (AvgIpc) is 3.56. The third-order valence-corrected chi connectivity index (χ3v) is 7.58. The second-order valence-corrected chi connectivity index (χ2v) is 10.5. The Morgan fingerprint density at radius 2 is 1.82 bits per heavy atom. The van der Waals surface area contributed by atoms with Gasteiger partial charge in [0.2, 0.25) is 5.91 Å². The summed E-state index contributed by atoms with van der Waals surface area (Å²) in [6, 6.07) is 12.8. The van der Waals surface area contributed by atoms with Crippen molar-refractivity contribution in [2.45, 2.75) is 46.2 Å². The lowest BCUT2D eigenvalue weighted by Crippen LogP contribution is -2.48. The van der Waals surface area contributed by atoms with Gasteiger partial charge in [0.05, 0.1) is 10.4 Å². The highest BCUT2D eigenvalue weighted by molar-refractivity contribution is 7.13. The Kier molecular flexibility index (Phi) is 5.83. The number of anilines is 1. The highest BCUT2D eigenvalue weighted by Gasteiger charge is 2.35. The molecule has 0 atom stereocenters. The second-order valence-electron chi connectivity index (χ2n) is 9.23. The molecule has 172 valence electrons. The average molecular weight is 463 g/mol. The Hall–Kier alpha value is -2.93. The lowest BCUT2D eigenvalue weighted by molar-refractivity contribution is -0.129. The van der Waals surface area contributed by atoms with Gasteiger partial charge in [0.25, 0.3) is 5.91 Å². The summed E-state index contributed by atoms with van der Waals surface area (Å²) in [4.78, 5) is 38.5. The summed E-state index contributed by atoms with van der Waals surface area (Å²) in [7, 11) is 0. The lowest BCUT2D eigenvalue weighted by atomic mass is 10.1. The minimum absolute atomic E-state index is 0.118. The molecule has 2 aliphatic rings. The molecule has 0 bridgehead atoms. The first-order chi connectivity index (χ1) is 15.9. The van der Waals surface area contributed by atoms with E-state index in [2.05, 4.69) is 36.1 Å². The van der Waals surface area contributed by atoms with E-state index < -0.39 is 0 Å². The number of hydrogen-bond donors (Lipinski definition) is 0. The minimum atomic E-state index is 0.118. The van der Waals surface area contributed by atoms with Gasteiger partial charge in [-0.05, 0) is 56.5 Å². The van der Waals surface area contributed by atoms with Gasteiger partial charge in [0.15, 0.2) is 0 Å². The van der Waals surface area contributed by atoms with Crippen LogP contribution in [0.25, 0.3) is 10.9 Å². The number of hydrogen-bond acceptors (Lipinski definition) is 5. The largest absolute Gasteiger partial charge is 0.353 e. The fourth-order valence-electron chi connectivity index (χ4n) is 4.56. The maximum absolute atomic E-state index is 13.4. The summed E-state index contributed by atoms with van der Waals surface area (Å²) < 4.78 is 0. The van der Waals surface area contributed by atoms with Gasteiger partial charge < -0.3 is 14.7 Å². The van der Waals surface area contributed by atoms with Crippen molar-refractivity contribution in [1.29, 1.82) is 0 Å². The van der Waals surface area contributed by atoms with Crippen LogP contribution in [0.2, 0.25) is 0 Å². The molecule has 1 saturated heterocycles. The van der Waals surface area contributed by atoms with Gasteiger partial charge in [0.1, 0.15) is 5.82 Å². The normalized spacial score (nSPS) is 16.3. The van der Waals surface area contributed by atoms with E-state index in [-0.39, 0.29) is 11.8 Å². The quantitative estimate of drug-likeness (QED) is 0.564. The minimum Gasteiger partial charge on any atom is -0.353 e. The van der Waals surface area contributed by atoms with E-state index in [0.29, 0.717) is 25.7 Å². The van der Waals surface area contributed by atoms with Gasteiger partial charge in [-0.3, -0.25) is 9.59 Å². The van der Waals surface area contributed by atoms with Crippen molar-refractivity contribution in [3.63, 3.8) is 0 Å². The van der Waals surface area contributed by atoms with E-state index in [0.717, 1.165) is 58.0 Å². The predicted molar refractivity (Wildman–Crippen MR) is 133 cm³/mol. The lowest BCUT2D eigenvalue weighted by Gasteiger charge is -2.36. The van der Waals surface area contributed by atoms with Crippen molar-refractivity contribution < 1.29 is 9.59 Å². The SMILES string of the molecule is CC(=O)N1CCN(c2nc3cc(C)ccc3cc2CN(C(=O)c2ccc(C)s2)C2CC2)CC1. The zero-order valence-corrected chi connectivity index (χ0v) is 20.3. The third-order valence-electron chi connectivity index (χ3n) is 6.59. The van der Waals surface area contributed by atoms with Crippen molar-refractivity contribution in [2.24, 2.45) is 0 Å². The highest BCUT2D eigenvalue weighted by atomic mass is 32.1. The predicted octanol–water partition coefficient (Wildman–Crippen LogP) is 4.39. The van der Waals surface area contributed by atoms with Gasteiger partial charge in [-0.25, -0.2) is 4.98 Å². The molecule has 6 nitrogen and oxygen atoms in total. The molecule has 1 aromatic carbocycles. The van der Waals surface area contributed by atoms with E-state index in [9.17, 15) is 9.59 Å². The molecule has 7 heteroatoms. The number of rotatable bonds is 5. The van der Waals surface area contributed by atoms with Crippen LogP contribution in [0.5, 0.6) is 0 Å². The molecule has 1 saturated carbocycles. The molecule has 1 aliphatic carbocycles. The third kappa shape index (κ3) is 4.60. The Morgan fingerprint density at radius 1 is 1.06 bits per heavy atom. The van der Waals surface area contributed by atoms with Crippen molar-refractivity contribution >= 4 is 39.9 Å². The summed E-state index contributed by atoms with van der Waals surface area (Å²) >= 11 is 1.56. The van der Waals surface area contributed by atoms with Crippen LogP contribution in [-0.2, 0) is 11.3 Å². The molecule has 1 aliphatic heterocycles. The molecular formula is C26H30N4O2S. The van der Waals surface area contributed by atoms with Crippen LogP contribution in [0.1, 0.15) is 45.4 Å². The topological polar surface area (TPSA) is 56.8 Å². The molecule has 0 unspecified atom stereocenters. The summed E-state index contributed by atoms with van der Waals surface area (Å²) in [5, 5.41) is 1.09. The van der Waals surface area contributed by atoms with Crippen LogP contribution >= 0.6 is 11.3 Å². The maximum Gasteiger partial charge on any atom is 0.264 e. The molecule has 2 fully saturated rings. The smallest absolute Gasteiger partial charge is 0.264 e. The van der Waals surface area contributed by atoms with Crippen molar-refractivity contribution in [3.05, 3.63) is 57.3 Å². The van der Waals surface area contributed by atoms with Gasteiger partial charge >= 0.3 is 0 Å². The number of pyridine rings is 1. The first kappa shape index (κ1) is 21.9. The fraction of sp³-hybridized carbons (Fsp3) is 0.423. The zero-order valence-electron chi connectivity index (χ0n) is 19.5. The molecule has 0 N–H and O–H groups in total. The molecule has 2 amide bonds. The van der Waals surface area contributed by atoms with Crippen LogP contribution in [0.15, 0.2) is 36.4 Å². The monoisotopic (exact) mass is 462 g/mol. The van der Waals surface area contributed by atoms with Crippen molar-refractivity contribution in [3.8, 4) is 0 Å². The maximum atomic E-state index is 13.4. The van der Waals surface area contributed by atoms with Crippen LogP contribution in [0.3, 0.4) is 0 Å². The molecular weight excluding hydrogens is 432 g/mol. The van der Waals surface area contributed by atoms with E-state index in [1.54, 1.807) is 18.3 Å². The van der Waals surface area contributed by atoms with E-state index in [1.807, 2.05) is 28.9 Å². The molecule has 5 rings (SSSR count). The fourth-order valence-corrected chi connectivity index (χ4v) is 5.39. The van der Waals surface area contributed by atoms with Crippen LogP contribution < -0.4 is 4.90 Å². The summed E-state index contributed by atoms with van der Waals surface area (Å²) in [5.41, 5.74) is 3.23. The molecule has 3 heterocycles. The Balaban J connectivity index is 1.50. The summed E-state index contributed by atoms with van der Waals surface area (Å²) in [5.74, 6) is 1.18. The van der Waals surface area contributed by atoms with Crippen molar-refractivity contribution in [1.82, 2.24) is 14.8 Å². The number of carbonyl (C=O) groups is 2. The Labute approximate surface area is 198 Å². The van der Waals surface area contributed by atoms with E-state index in [4.69, 9.17) is 4.98 Å². The van der Waals surface area contributed by atoms with Gasteiger partial charge in [-0.2, -0.15) is 0 Å². The molecule has 0 spiro atoms. The number of fused-ring (bicyclic) bond motifs is 1. The second kappa shape index (κ2) is 8.78. The van der Waals surface area contributed by atoms with E-state index >= 15 is 0 Å². The van der Waals surface area contributed by atoms with Crippen LogP contribution in [0, 0.1) is 13.8 Å². The zero-order chi connectivity index (χ0) is 23.1. The van der Waals surface area contributed by atoms with E-state index in [1.165, 1.54) is 5.56 Å². The van der Waals surface area contributed by atoms with Gasteiger partial charge in [0, 0.05) is 61.5 Å². The number of benzene rings is 1. The number of carbonyl (C=O) groups excluding carboxylic acids is 2. The number of amides is 2. The standard InChI is InChI=1S/C26H30N4O2S/c1-17-4-6-20-15-21(16-30(22-7-8-22)26(32)24-9-5-18(2)33-24)25(27-23(20)14-17)29-12-10-28(11-13-29)19(3)31/h4-6,9,14-15,22H,7-8,10-13,16H2,1-3H3. The summed E-state index contributed by atoms with van der Waals surface area (Å²) in [6.07, 6.45) is 2.12. The first-order valence-electron chi connectivity index (χ1n) is 11.7. The Morgan fingerprint density at radius 3 is 2.45 bits per heavy atom. The molecule has 2 aromatic heterocycles. The highest BCUT2D eigenvalue weighted by Crippen LogP contribution is 2.34. The summed E-state index contributed by atoms with van der Waals surface area (Å²) in [6.45, 7) is 9.19. The number of thiophene rings is 1. The Bertz CT molecular complexity index is 1210. The molecule has 33 heavy (non-hydrogen) atoms. The van der Waals surface area contributed by atoms with Gasteiger partial charge in [-0.15, -0.1) is 11.3 Å². The van der Waals surface area contributed by atoms with Crippen LogP contribution in [0.4, 0.5) is 5.82 Å². The number of aromatic nitrogens is 1. The number of aryl methyl sites for hydroxylation is 2. The van der Waals surface area contributed by atoms with Crippen LogP contribution in [-0.4, -0.2) is 58.8 Å². The van der Waals surface area contributed by atoms with Crippen molar-refractivity contribution in [2.75, 3.05) is 31.1 Å². The first-order valence-corrected chi connectivity index (χ1v) is 12.5.